The molecule has 0 aliphatic carbocycles. The number of carbonyl (C=O) groups is 1. The molecule has 134 valence electrons. The molecule has 10 heteroatoms. The Labute approximate surface area is 155 Å². The molecule has 0 radical (unpaired) electrons. The number of anilines is 1. The smallest absolute Gasteiger partial charge is 0.272 e. The fourth-order valence-corrected chi connectivity index (χ4v) is 5.37. The van der Waals surface area contributed by atoms with Crippen LogP contribution in [0, 0.1) is 5.92 Å². The van der Waals surface area contributed by atoms with Crippen LogP contribution in [0.2, 0.25) is 5.02 Å². The van der Waals surface area contributed by atoms with Gasteiger partial charge in [0.1, 0.15) is 0 Å². The molecule has 1 N–H and O–H groups in total. The second-order valence-corrected chi connectivity index (χ2v) is 9.47. The zero-order valence-corrected chi connectivity index (χ0v) is 15.9. The Morgan fingerprint density at radius 3 is 2.72 bits per heavy atom. The molecule has 0 saturated carbocycles. The lowest BCUT2D eigenvalue weighted by atomic mass is 10.0. The second kappa shape index (κ2) is 7.36. The van der Waals surface area contributed by atoms with Crippen LogP contribution in [0.1, 0.15) is 30.1 Å². The summed E-state index contributed by atoms with van der Waals surface area (Å²) in [5.74, 6) is -0.0797. The summed E-state index contributed by atoms with van der Waals surface area (Å²) in [5.41, 5.74) is 0.397. The number of hydrogen-bond donors (Lipinski definition) is 1. The normalized spacial score (nSPS) is 18.9. The maximum atomic E-state index is 12.6. The molecule has 1 amide bonds. The van der Waals surface area contributed by atoms with Gasteiger partial charge in [0.05, 0.1) is 0 Å². The maximum absolute atomic E-state index is 12.6. The van der Waals surface area contributed by atoms with E-state index in [4.69, 9.17) is 11.6 Å². The van der Waals surface area contributed by atoms with Crippen molar-refractivity contribution in [3.63, 3.8) is 0 Å². The molecule has 25 heavy (non-hydrogen) atoms. The van der Waals surface area contributed by atoms with Crippen LogP contribution < -0.4 is 5.32 Å². The predicted molar refractivity (Wildman–Crippen MR) is 96.5 cm³/mol. The lowest BCUT2D eigenvalue weighted by Crippen LogP contribution is -2.39. The van der Waals surface area contributed by atoms with Gasteiger partial charge in [-0.1, -0.05) is 29.9 Å². The van der Waals surface area contributed by atoms with Crippen LogP contribution in [0.15, 0.2) is 28.6 Å². The number of benzene rings is 1. The Kier molecular flexibility index (Phi) is 5.38. The molecular formula is C15H17ClN4O3S2. The predicted octanol–water partition coefficient (Wildman–Crippen LogP) is 2.86. The second-order valence-electron chi connectivity index (χ2n) is 5.94. The van der Waals surface area contributed by atoms with Gasteiger partial charge >= 0.3 is 0 Å². The van der Waals surface area contributed by atoms with Gasteiger partial charge in [-0.25, -0.2) is 8.42 Å². The minimum absolute atomic E-state index is 0.104. The number of sulfonamides is 1. The summed E-state index contributed by atoms with van der Waals surface area (Å²) in [7, 11) is -3.67. The number of rotatable bonds is 4. The summed E-state index contributed by atoms with van der Waals surface area (Å²) < 4.78 is 26.6. The highest BCUT2D eigenvalue weighted by molar-refractivity contribution is 7.91. The molecule has 1 aliphatic rings. The van der Waals surface area contributed by atoms with Crippen LogP contribution in [-0.4, -0.2) is 41.9 Å². The van der Waals surface area contributed by atoms with Crippen molar-refractivity contribution in [3.05, 3.63) is 34.9 Å². The van der Waals surface area contributed by atoms with Crippen molar-refractivity contribution in [3.8, 4) is 0 Å². The average molecular weight is 401 g/mol. The summed E-state index contributed by atoms with van der Waals surface area (Å²) in [6.45, 7) is 2.99. The number of carbonyl (C=O) groups excluding carboxylic acids is 1. The van der Waals surface area contributed by atoms with Gasteiger partial charge in [-0.3, -0.25) is 10.1 Å². The van der Waals surface area contributed by atoms with E-state index in [-0.39, 0.29) is 9.47 Å². The highest BCUT2D eigenvalue weighted by Crippen LogP contribution is 2.27. The van der Waals surface area contributed by atoms with Crippen molar-refractivity contribution in [2.24, 2.45) is 5.92 Å². The third-order valence-corrected chi connectivity index (χ3v) is 7.22. The monoisotopic (exact) mass is 400 g/mol. The summed E-state index contributed by atoms with van der Waals surface area (Å²) in [6, 6.07) is 6.35. The molecule has 1 aliphatic heterocycles. The Balaban J connectivity index is 1.73. The van der Waals surface area contributed by atoms with Crippen LogP contribution in [0.4, 0.5) is 5.13 Å². The fraction of sp³-hybridized carbons (Fsp3) is 0.400. The molecule has 1 aromatic carbocycles. The zero-order valence-electron chi connectivity index (χ0n) is 13.5. The molecule has 1 saturated heterocycles. The zero-order chi connectivity index (χ0) is 18.0. The molecule has 0 bridgehead atoms. The topological polar surface area (TPSA) is 92.3 Å². The van der Waals surface area contributed by atoms with Gasteiger partial charge in [0.25, 0.3) is 15.9 Å². The van der Waals surface area contributed by atoms with Crippen LogP contribution in [-0.2, 0) is 10.0 Å². The van der Waals surface area contributed by atoms with Crippen LogP contribution in [0.3, 0.4) is 0 Å². The van der Waals surface area contributed by atoms with E-state index in [0.29, 0.717) is 29.6 Å². The van der Waals surface area contributed by atoms with Crippen molar-refractivity contribution in [1.29, 1.82) is 0 Å². The van der Waals surface area contributed by atoms with E-state index >= 15 is 0 Å². The highest BCUT2D eigenvalue weighted by Gasteiger charge is 2.31. The SMILES string of the molecule is C[C@H]1CCCN(S(=O)(=O)c2nnc(NC(=O)c3ccc(Cl)cc3)s2)C1. The van der Waals surface area contributed by atoms with Crippen molar-refractivity contribution >= 4 is 44.0 Å². The molecule has 7 nitrogen and oxygen atoms in total. The first kappa shape index (κ1) is 18.2. The molecule has 2 aromatic rings. The highest BCUT2D eigenvalue weighted by atomic mass is 35.5. The van der Waals surface area contributed by atoms with Crippen molar-refractivity contribution in [2.45, 2.75) is 24.1 Å². The van der Waals surface area contributed by atoms with E-state index < -0.39 is 15.9 Å². The number of piperidine rings is 1. The fourth-order valence-electron chi connectivity index (χ4n) is 2.61. The van der Waals surface area contributed by atoms with Gasteiger partial charge in [-0.15, -0.1) is 10.2 Å². The largest absolute Gasteiger partial charge is 0.296 e. The number of nitrogens with one attached hydrogen (secondary N) is 1. The van der Waals surface area contributed by atoms with Crippen molar-refractivity contribution in [1.82, 2.24) is 14.5 Å². The maximum Gasteiger partial charge on any atom is 0.272 e. The van der Waals surface area contributed by atoms with E-state index in [2.05, 4.69) is 15.5 Å². The van der Waals surface area contributed by atoms with Gasteiger partial charge in [-0.05, 0) is 43.0 Å². The van der Waals surface area contributed by atoms with E-state index in [9.17, 15) is 13.2 Å². The quantitative estimate of drug-likeness (QED) is 0.796. The van der Waals surface area contributed by atoms with Crippen molar-refractivity contribution in [2.75, 3.05) is 18.4 Å². The summed E-state index contributed by atoms with van der Waals surface area (Å²) in [6.07, 6.45) is 1.85. The lowest BCUT2D eigenvalue weighted by Gasteiger charge is -2.28. The average Bonchev–Trinajstić information content (AvgIpc) is 3.04. The van der Waals surface area contributed by atoms with Crippen LogP contribution >= 0.6 is 22.9 Å². The number of amides is 1. The van der Waals surface area contributed by atoms with E-state index in [1.54, 1.807) is 24.3 Å². The first-order valence-corrected chi connectivity index (χ1v) is 10.4. The first-order chi connectivity index (χ1) is 11.9. The Morgan fingerprint density at radius 1 is 1.32 bits per heavy atom. The minimum Gasteiger partial charge on any atom is -0.296 e. The van der Waals surface area contributed by atoms with Gasteiger partial charge in [0.2, 0.25) is 9.47 Å². The third kappa shape index (κ3) is 4.17. The first-order valence-electron chi connectivity index (χ1n) is 7.77. The molecule has 2 heterocycles. The van der Waals surface area contributed by atoms with Crippen LogP contribution in [0.5, 0.6) is 0 Å². The molecule has 3 rings (SSSR count). The molecule has 0 spiro atoms. The summed E-state index contributed by atoms with van der Waals surface area (Å²) in [5, 5.41) is 10.8. The molecule has 1 fully saturated rings. The number of hydrogen-bond acceptors (Lipinski definition) is 6. The third-order valence-electron chi connectivity index (χ3n) is 3.91. The van der Waals surface area contributed by atoms with E-state index in [1.807, 2.05) is 6.92 Å². The van der Waals surface area contributed by atoms with Gasteiger partial charge in [0.15, 0.2) is 0 Å². The molecule has 0 unspecified atom stereocenters. The van der Waals surface area contributed by atoms with E-state index in [1.165, 1.54) is 4.31 Å². The minimum atomic E-state index is -3.67. The number of nitrogens with zero attached hydrogens (tertiary/aromatic N) is 3. The van der Waals surface area contributed by atoms with Gasteiger partial charge < -0.3 is 0 Å². The van der Waals surface area contributed by atoms with E-state index in [0.717, 1.165) is 24.2 Å². The standard InChI is InChI=1S/C15H17ClN4O3S2/c1-10-3-2-8-20(9-10)25(22,23)15-19-18-14(24-15)17-13(21)11-4-6-12(16)7-5-11/h4-7,10H,2-3,8-9H2,1H3,(H,17,18,21)/t10-/m0/s1. The summed E-state index contributed by atoms with van der Waals surface area (Å²) >= 11 is 6.64. The Bertz CT molecular complexity index is 867. The number of halogens is 1. The molecule has 1 atom stereocenters. The van der Waals surface area contributed by atoms with Gasteiger partial charge in [-0.2, -0.15) is 4.31 Å². The van der Waals surface area contributed by atoms with Gasteiger partial charge in [0, 0.05) is 23.7 Å². The van der Waals surface area contributed by atoms with Crippen molar-refractivity contribution < 1.29 is 13.2 Å². The Hall–Kier alpha value is -1.55. The van der Waals surface area contributed by atoms with Crippen LogP contribution in [0.25, 0.3) is 0 Å². The summed E-state index contributed by atoms with van der Waals surface area (Å²) in [4.78, 5) is 12.2. The Morgan fingerprint density at radius 2 is 2.04 bits per heavy atom. The molecule has 1 aromatic heterocycles. The lowest BCUT2D eigenvalue weighted by molar-refractivity contribution is 0.102. The molecular weight excluding hydrogens is 384 g/mol. The number of aromatic nitrogens is 2.